The summed E-state index contributed by atoms with van der Waals surface area (Å²) in [6.07, 6.45) is 5.85. The number of ketones is 1. The number of furan rings is 1. The second-order valence-corrected chi connectivity index (χ2v) is 4.91. The first-order valence-corrected chi connectivity index (χ1v) is 7.14. The van der Waals surface area contributed by atoms with E-state index in [4.69, 9.17) is 9.15 Å². The number of rotatable bonds is 9. The van der Waals surface area contributed by atoms with Crippen molar-refractivity contribution in [2.75, 3.05) is 13.7 Å². The number of ether oxygens (including phenoxy) is 1. The largest absolute Gasteiger partial charge is 0.468 e. The van der Waals surface area contributed by atoms with Crippen molar-refractivity contribution in [3.63, 3.8) is 0 Å². The summed E-state index contributed by atoms with van der Waals surface area (Å²) in [7, 11) is 1.37. The van der Waals surface area contributed by atoms with E-state index in [1.807, 2.05) is 13.8 Å². The molecule has 0 aliphatic heterocycles. The minimum absolute atomic E-state index is 0.0216. The fraction of sp³-hybridized carbons (Fsp3) is 0.500. The van der Waals surface area contributed by atoms with Crippen molar-refractivity contribution in [2.24, 2.45) is 5.92 Å². The molecule has 0 unspecified atom stereocenters. The van der Waals surface area contributed by atoms with Gasteiger partial charge in [0.15, 0.2) is 5.78 Å². The molecule has 1 N–H and O–H groups in total. The molecule has 0 amide bonds. The molecule has 2 atom stereocenters. The highest BCUT2D eigenvalue weighted by molar-refractivity contribution is 5.93. The summed E-state index contributed by atoms with van der Waals surface area (Å²) in [5, 5.41) is 3.09. The van der Waals surface area contributed by atoms with Gasteiger partial charge in [-0.05, 0) is 30.2 Å². The molecule has 1 aromatic rings. The predicted molar refractivity (Wildman–Crippen MR) is 80.6 cm³/mol. The van der Waals surface area contributed by atoms with Crippen LogP contribution in [-0.4, -0.2) is 31.4 Å². The highest BCUT2D eigenvalue weighted by Gasteiger charge is 2.23. The van der Waals surface area contributed by atoms with E-state index >= 15 is 0 Å². The smallest absolute Gasteiger partial charge is 0.323 e. The number of carbonyl (C=O) groups is 2. The maximum absolute atomic E-state index is 11.7. The number of hydrogen-bond acceptors (Lipinski definition) is 5. The van der Waals surface area contributed by atoms with Crippen molar-refractivity contribution in [3.8, 4) is 0 Å². The molecule has 0 saturated carbocycles. The lowest BCUT2D eigenvalue weighted by molar-refractivity contribution is -0.144. The van der Waals surface area contributed by atoms with Crippen molar-refractivity contribution in [3.05, 3.63) is 30.2 Å². The molecule has 116 valence electrons. The lowest BCUT2D eigenvalue weighted by atomic mass is 9.99. The van der Waals surface area contributed by atoms with Crippen LogP contribution in [0.3, 0.4) is 0 Å². The molecule has 0 bridgehead atoms. The Hall–Kier alpha value is -1.88. The number of nitrogens with one attached hydrogen (secondary N) is 1. The number of carbonyl (C=O) groups excluding carboxylic acids is 2. The SMILES string of the molecule is CC[C@H](C)[C@H](NCCC(=O)C=Cc1ccco1)C(=O)OC. The molecule has 0 aliphatic rings. The summed E-state index contributed by atoms with van der Waals surface area (Å²) in [5.41, 5.74) is 0. The van der Waals surface area contributed by atoms with E-state index in [-0.39, 0.29) is 23.7 Å². The van der Waals surface area contributed by atoms with Gasteiger partial charge in [-0.2, -0.15) is 0 Å². The lowest BCUT2D eigenvalue weighted by Crippen LogP contribution is -2.43. The van der Waals surface area contributed by atoms with E-state index in [1.54, 1.807) is 24.5 Å². The van der Waals surface area contributed by atoms with Gasteiger partial charge in [-0.3, -0.25) is 9.59 Å². The van der Waals surface area contributed by atoms with Crippen LogP contribution in [-0.2, 0) is 14.3 Å². The average molecular weight is 293 g/mol. The number of hydrogen-bond donors (Lipinski definition) is 1. The molecule has 0 aliphatic carbocycles. The fourth-order valence-corrected chi connectivity index (χ4v) is 1.87. The summed E-state index contributed by atoms with van der Waals surface area (Å²) >= 11 is 0. The molecule has 0 radical (unpaired) electrons. The third-order valence-corrected chi connectivity index (χ3v) is 3.38. The van der Waals surface area contributed by atoms with Crippen LogP contribution in [0.15, 0.2) is 28.9 Å². The van der Waals surface area contributed by atoms with Gasteiger partial charge >= 0.3 is 5.97 Å². The van der Waals surface area contributed by atoms with Gasteiger partial charge in [-0.25, -0.2) is 0 Å². The third-order valence-electron chi connectivity index (χ3n) is 3.38. The van der Waals surface area contributed by atoms with Crippen LogP contribution < -0.4 is 5.32 Å². The van der Waals surface area contributed by atoms with Crippen LogP contribution in [0.25, 0.3) is 6.08 Å². The predicted octanol–water partition coefficient (Wildman–Crippen LogP) is 2.43. The molecule has 0 saturated heterocycles. The third kappa shape index (κ3) is 5.95. The van der Waals surface area contributed by atoms with Crippen LogP contribution in [0, 0.1) is 5.92 Å². The Bertz CT molecular complexity index is 465. The van der Waals surface area contributed by atoms with Crippen molar-refractivity contribution >= 4 is 17.8 Å². The summed E-state index contributed by atoms with van der Waals surface area (Å²) < 4.78 is 9.88. The fourth-order valence-electron chi connectivity index (χ4n) is 1.87. The standard InChI is InChI=1S/C16H23NO4/c1-4-12(2)15(16(19)20-3)17-10-9-13(18)7-8-14-6-5-11-21-14/h5-8,11-12,15,17H,4,9-10H2,1-3H3/t12-,15-/m0/s1. The van der Waals surface area contributed by atoms with Crippen LogP contribution in [0.4, 0.5) is 0 Å². The summed E-state index contributed by atoms with van der Waals surface area (Å²) in [4.78, 5) is 23.4. The normalized spacial score (nSPS) is 14.0. The van der Waals surface area contributed by atoms with Gasteiger partial charge in [-0.15, -0.1) is 0 Å². The number of esters is 1. The van der Waals surface area contributed by atoms with Gasteiger partial charge < -0.3 is 14.5 Å². The number of allylic oxidation sites excluding steroid dienone is 1. The van der Waals surface area contributed by atoms with Crippen LogP contribution in [0.5, 0.6) is 0 Å². The molecule has 21 heavy (non-hydrogen) atoms. The van der Waals surface area contributed by atoms with E-state index in [2.05, 4.69) is 5.32 Å². The lowest BCUT2D eigenvalue weighted by Gasteiger charge is -2.21. The second-order valence-electron chi connectivity index (χ2n) is 4.91. The minimum Gasteiger partial charge on any atom is -0.468 e. The highest BCUT2D eigenvalue weighted by Crippen LogP contribution is 2.09. The maximum Gasteiger partial charge on any atom is 0.323 e. The summed E-state index contributed by atoms with van der Waals surface area (Å²) in [5.74, 6) is 0.490. The Labute approximate surface area is 125 Å². The first-order chi connectivity index (χ1) is 10.1. The molecule has 1 heterocycles. The average Bonchev–Trinajstić information content (AvgIpc) is 3.01. The van der Waals surface area contributed by atoms with E-state index < -0.39 is 0 Å². The summed E-state index contributed by atoms with van der Waals surface area (Å²) in [6, 6.07) is 3.17. The maximum atomic E-state index is 11.7. The molecular weight excluding hydrogens is 270 g/mol. The van der Waals surface area contributed by atoms with Gasteiger partial charge in [0.05, 0.1) is 13.4 Å². The Morgan fingerprint density at radius 2 is 2.24 bits per heavy atom. The topological polar surface area (TPSA) is 68.5 Å². The zero-order valence-electron chi connectivity index (χ0n) is 12.8. The van der Waals surface area contributed by atoms with E-state index in [9.17, 15) is 9.59 Å². The first kappa shape index (κ1) is 17.2. The Morgan fingerprint density at radius 3 is 2.81 bits per heavy atom. The molecule has 0 fully saturated rings. The van der Waals surface area contributed by atoms with Gasteiger partial charge in [-0.1, -0.05) is 20.3 Å². The first-order valence-electron chi connectivity index (χ1n) is 7.14. The van der Waals surface area contributed by atoms with Crippen molar-refractivity contribution in [2.45, 2.75) is 32.7 Å². The summed E-state index contributed by atoms with van der Waals surface area (Å²) in [6.45, 7) is 4.43. The van der Waals surface area contributed by atoms with Crippen LogP contribution >= 0.6 is 0 Å². The van der Waals surface area contributed by atoms with Crippen molar-refractivity contribution < 1.29 is 18.7 Å². The molecule has 0 aromatic carbocycles. The number of methoxy groups -OCH3 is 1. The monoisotopic (exact) mass is 293 g/mol. The minimum atomic E-state index is -0.373. The quantitative estimate of drug-likeness (QED) is 0.559. The van der Waals surface area contributed by atoms with Gasteiger partial charge in [0, 0.05) is 13.0 Å². The van der Waals surface area contributed by atoms with Crippen molar-refractivity contribution in [1.29, 1.82) is 0 Å². The molecule has 0 spiro atoms. The van der Waals surface area contributed by atoms with E-state index in [0.717, 1.165) is 6.42 Å². The van der Waals surface area contributed by atoms with E-state index in [1.165, 1.54) is 13.2 Å². The molecule has 5 heteroatoms. The van der Waals surface area contributed by atoms with Gasteiger partial charge in [0.25, 0.3) is 0 Å². The second kappa shape index (κ2) is 9.13. The Morgan fingerprint density at radius 1 is 1.48 bits per heavy atom. The Kier molecular flexibility index (Phi) is 7.46. The molecule has 1 aromatic heterocycles. The Balaban J connectivity index is 2.39. The zero-order valence-corrected chi connectivity index (χ0v) is 12.8. The molecule has 1 rings (SSSR count). The van der Waals surface area contributed by atoms with Gasteiger partial charge in [0.1, 0.15) is 11.8 Å². The zero-order chi connectivity index (χ0) is 15.7. The highest BCUT2D eigenvalue weighted by atomic mass is 16.5. The van der Waals surface area contributed by atoms with E-state index in [0.29, 0.717) is 18.7 Å². The van der Waals surface area contributed by atoms with Crippen molar-refractivity contribution in [1.82, 2.24) is 5.32 Å². The molecule has 5 nitrogen and oxygen atoms in total. The molecular formula is C16H23NO4. The van der Waals surface area contributed by atoms with Gasteiger partial charge in [0.2, 0.25) is 0 Å². The van der Waals surface area contributed by atoms with Crippen LogP contribution in [0.1, 0.15) is 32.4 Å². The van der Waals surface area contributed by atoms with Crippen LogP contribution in [0.2, 0.25) is 0 Å².